The summed E-state index contributed by atoms with van der Waals surface area (Å²) in [5.41, 5.74) is 10.4. The number of halogens is 1. The van der Waals surface area contributed by atoms with Crippen molar-refractivity contribution in [3.63, 3.8) is 0 Å². The number of nitrogens with two attached hydrogens (primary N) is 1. The van der Waals surface area contributed by atoms with Crippen LogP contribution in [0.3, 0.4) is 0 Å². The first-order valence-electron chi connectivity index (χ1n) is 9.83. The van der Waals surface area contributed by atoms with E-state index in [1.54, 1.807) is 0 Å². The van der Waals surface area contributed by atoms with Gasteiger partial charge in [0, 0.05) is 24.3 Å². The van der Waals surface area contributed by atoms with Crippen LogP contribution in [0.25, 0.3) is 11.3 Å². The minimum atomic E-state index is -0.0998. The summed E-state index contributed by atoms with van der Waals surface area (Å²) in [6, 6.07) is 18.3. The van der Waals surface area contributed by atoms with Crippen molar-refractivity contribution in [3.05, 3.63) is 77.5 Å². The van der Waals surface area contributed by atoms with Gasteiger partial charge in [0.05, 0.1) is 12.1 Å². The molecule has 3 aromatic rings. The Labute approximate surface area is 177 Å². The third-order valence-electron chi connectivity index (χ3n) is 5.28. The van der Waals surface area contributed by atoms with Gasteiger partial charge in [0.2, 0.25) is 0 Å². The van der Waals surface area contributed by atoms with Crippen molar-refractivity contribution in [1.29, 1.82) is 0 Å². The Bertz CT molecular complexity index is 949. The molecule has 2 aromatic carbocycles. The van der Waals surface area contributed by atoms with Crippen molar-refractivity contribution >= 4 is 18.3 Å². The second kappa shape index (κ2) is 9.25. The number of carbonyl (C=O) groups excluding carboxylic acids is 1. The van der Waals surface area contributed by atoms with Gasteiger partial charge in [-0.3, -0.25) is 9.48 Å². The lowest BCUT2D eigenvalue weighted by Crippen LogP contribution is -2.41. The lowest BCUT2D eigenvalue weighted by atomic mass is 10.1. The molecule has 3 N–H and O–H groups in total. The van der Waals surface area contributed by atoms with Crippen molar-refractivity contribution in [1.82, 2.24) is 15.1 Å². The monoisotopic (exact) mass is 410 g/mol. The molecule has 1 aliphatic carbocycles. The van der Waals surface area contributed by atoms with E-state index in [9.17, 15) is 4.79 Å². The number of nitrogens with one attached hydrogen (secondary N) is 1. The Morgan fingerprint density at radius 1 is 1.17 bits per heavy atom. The van der Waals surface area contributed by atoms with E-state index < -0.39 is 0 Å². The zero-order chi connectivity index (χ0) is 19.5. The predicted molar refractivity (Wildman–Crippen MR) is 118 cm³/mol. The number of aromatic nitrogens is 2. The van der Waals surface area contributed by atoms with Crippen LogP contribution in [0.1, 0.15) is 34.3 Å². The maximum atomic E-state index is 13.1. The zero-order valence-corrected chi connectivity index (χ0v) is 17.4. The molecule has 1 heterocycles. The topological polar surface area (TPSA) is 72.9 Å². The van der Waals surface area contributed by atoms with Gasteiger partial charge in [-0.25, -0.2) is 0 Å². The summed E-state index contributed by atoms with van der Waals surface area (Å²) in [6.45, 7) is 3.14. The highest BCUT2D eigenvalue weighted by Gasteiger charge is 2.32. The molecule has 1 fully saturated rings. The van der Waals surface area contributed by atoms with Gasteiger partial charge < -0.3 is 11.1 Å². The van der Waals surface area contributed by atoms with Gasteiger partial charge in [-0.05, 0) is 31.2 Å². The third-order valence-corrected chi connectivity index (χ3v) is 5.28. The Balaban J connectivity index is 0.00000240. The number of nitrogens with zero attached hydrogens (tertiary/aromatic N) is 2. The van der Waals surface area contributed by atoms with Crippen LogP contribution in [0.15, 0.2) is 60.8 Å². The average molecular weight is 411 g/mol. The lowest BCUT2D eigenvalue weighted by molar-refractivity contribution is 0.0934. The smallest absolute Gasteiger partial charge is 0.255 e. The fraction of sp³-hybridized carbons (Fsp3) is 0.304. The summed E-state index contributed by atoms with van der Waals surface area (Å²) in [4.78, 5) is 13.1. The summed E-state index contributed by atoms with van der Waals surface area (Å²) < 4.78 is 1.84. The molecule has 0 bridgehead atoms. The molecule has 1 saturated carbocycles. The molecular formula is C23H27ClN4O. The molecule has 152 valence electrons. The first-order chi connectivity index (χ1) is 13.6. The molecule has 4 rings (SSSR count). The quantitative estimate of drug-likeness (QED) is 0.622. The zero-order valence-electron chi connectivity index (χ0n) is 16.5. The summed E-state index contributed by atoms with van der Waals surface area (Å²) >= 11 is 0. The first kappa shape index (κ1) is 21.1. The fourth-order valence-corrected chi connectivity index (χ4v) is 3.48. The summed E-state index contributed by atoms with van der Waals surface area (Å²) in [5.74, 6) is 0.411. The average Bonchev–Trinajstić information content (AvgIpc) is 3.47. The number of aryl methyl sites for hydroxylation is 1. The van der Waals surface area contributed by atoms with Crippen LogP contribution in [0.5, 0.6) is 0 Å². The van der Waals surface area contributed by atoms with E-state index in [4.69, 9.17) is 10.8 Å². The molecule has 0 saturated heterocycles. The van der Waals surface area contributed by atoms with E-state index in [1.807, 2.05) is 60.3 Å². The number of benzene rings is 2. The largest absolute Gasteiger partial charge is 0.348 e. The minimum absolute atomic E-state index is 0. The van der Waals surface area contributed by atoms with Crippen LogP contribution < -0.4 is 11.1 Å². The van der Waals surface area contributed by atoms with Crippen molar-refractivity contribution < 1.29 is 4.79 Å². The highest BCUT2D eigenvalue weighted by Crippen LogP contribution is 2.32. The maximum Gasteiger partial charge on any atom is 0.255 e. The molecule has 1 aliphatic rings. The van der Waals surface area contributed by atoms with Crippen molar-refractivity contribution in [2.45, 2.75) is 32.4 Å². The van der Waals surface area contributed by atoms with Crippen LogP contribution in [-0.4, -0.2) is 28.3 Å². The standard InChI is InChI=1S/C23H26N4O.ClH/c1-16-7-9-19(10-8-16)22-20(23(28)25-21(13-24)18-11-12-18)15-27(26-22)14-17-5-3-2-4-6-17;/h2-10,15,18,21H,11-14,24H2,1H3,(H,25,28);1H. The molecule has 1 atom stereocenters. The van der Waals surface area contributed by atoms with Gasteiger partial charge in [0.1, 0.15) is 5.69 Å². The normalized spacial score (nSPS) is 14.1. The summed E-state index contributed by atoms with van der Waals surface area (Å²) in [7, 11) is 0. The van der Waals surface area contributed by atoms with Gasteiger partial charge in [-0.15, -0.1) is 12.4 Å². The second-order valence-corrected chi connectivity index (χ2v) is 7.59. The number of hydrogen-bond donors (Lipinski definition) is 2. The van der Waals surface area contributed by atoms with Crippen LogP contribution in [0.4, 0.5) is 0 Å². The van der Waals surface area contributed by atoms with E-state index in [0.717, 1.165) is 24.0 Å². The van der Waals surface area contributed by atoms with Gasteiger partial charge in [-0.2, -0.15) is 5.10 Å². The van der Waals surface area contributed by atoms with Crippen LogP contribution in [-0.2, 0) is 6.54 Å². The Kier molecular flexibility index (Phi) is 6.72. The van der Waals surface area contributed by atoms with Gasteiger partial charge in [0.25, 0.3) is 5.91 Å². The number of hydrogen-bond acceptors (Lipinski definition) is 3. The molecule has 5 nitrogen and oxygen atoms in total. The highest BCUT2D eigenvalue weighted by atomic mass is 35.5. The Hall–Kier alpha value is -2.63. The van der Waals surface area contributed by atoms with Gasteiger partial charge in [0.15, 0.2) is 0 Å². The molecule has 29 heavy (non-hydrogen) atoms. The Morgan fingerprint density at radius 2 is 1.86 bits per heavy atom. The van der Waals surface area contributed by atoms with E-state index in [0.29, 0.717) is 30.3 Å². The van der Waals surface area contributed by atoms with Gasteiger partial charge in [-0.1, -0.05) is 60.2 Å². The molecule has 0 aliphatic heterocycles. The lowest BCUT2D eigenvalue weighted by Gasteiger charge is -2.15. The Morgan fingerprint density at radius 3 is 2.48 bits per heavy atom. The fourth-order valence-electron chi connectivity index (χ4n) is 3.48. The molecule has 6 heteroatoms. The number of rotatable bonds is 7. The first-order valence-corrected chi connectivity index (χ1v) is 9.83. The maximum absolute atomic E-state index is 13.1. The van der Waals surface area contributed by atoms with Crippen LogP contribution in [0.2, 0.25) is 0 Å². The van der Waals surface area contributed by atoms with Crippen molar-refractivity contribution in [2.24, 2.45) is 11.7 Å². The molecule has 1 unspecified atom stereocenters. The van der Waals surface area contributed by atoms with E-state index in [-0.39, 0.29) is 24.4 Å². The van der Waals surface area contributed by atoms with E-state index in [1.165, 1.54) is 5.56 Å². The summed E-state index contributed by atoms with van der Waals surface area (Å²) in [6.07, 6.45) is 4.12. The van der Waals surface area contributed by atoms with Crippen molar-refractivity contribution in [3.8, 4) is 11.3 Å². The molecule has 0 spiro atoms. The van der Waals surface area contributed by atoms with Crippen LogP contribution in [0, 0.1) is 12.8 Å². The predicted octanol–water partition coefficient (Wildman–Crippen LogP) is 3.80. The summed E-state index contributed by atoms with van der Waals surface area (Å²) in [5, 5.41) is 7.87. The molecular weight excluding hydrogens is 384 g/mol. The van der Waals surface area contributed by atoms with E-state index >= 15 is 0 Å². The SMILES string of the molecule is Cc1ccc(-c2nn(Cc3ccccc3)cc2C(=O)NC(CN)C2CC2)cc1.Cl. The van der Waals surface area contributed by atoms with Gasteiger partial charge >= 0.3 is 0 Å². The number of carbonyl (C=O) groups is 1. The molecule has 1 aromatic heterocycles. The highest BCUT2D eigenvalue weighted by molar-refractivity contribution is 6.00. The second-order valence-electron chi connectivity index (χ2n) is 7.59. The minimum Gasteiger partial charge on any atom is -0.348 e. The van der Waals surface area contributed by atoms with E-state index in [2.05, 4.69) is 17.4 Å². The molecule has 1 amide bonds. The van der Waals surface area contributed by atoms with Crippen LogP contribution >= 0.6 is 12.4 Å². The number of amides is 1. The molecule has 0 radical (unpaired) electrons. The third kappa shape index (κ3) is 5.05. The van der Waals surface area contributed by atoms with Crippen molar-refractivity contribution in [2.75, 3.05) is 6.54 Å².